The van der Waals surface area contributed by atoms with Crippen molar-refractivity contribution < 1.29 is 27.6 Å². The van der Waals surface area contributed by atoms with Gasteiger partial charge in [0.05, 0.1) is 6.61 Å². The first-order valence-corrected chi connectivity index (χ1v) is 12.8. The third-order valence-corrected chi connectivity index (χ3v) is 8.41. The second kappa shape index (κ2) is 7.75. The Morgan fingerprint density at radius 1 is 0.829 bits per heavy atom. The molecule has 0 fully saturated rings. The summed E-state index contributed by atoms with van der Waals surface area (Å²) in [5, 5.41) is 11.3. The molecule has 35 heavy (non-hydrogen) atoms. The van der Waals surface area contributed by atoms with Crippen molar-refractivity contribution in [2.24, 2.45) is 5.41 Å². The molecule has 1 atom stereocenters. The molecule has 0 saturated carbocycles. The Labute approximate surface area is 202 Å². The van der Waals surface area contributed by atoms with Gasteiger partial charge in [0.25, 0.3) is 10.1 Å². The Morgan fingerprint density at radius 2 is 1.37 bits per heavy atom. The molecular formula is C28H22O6S. The lowest BCUT2D eigenvalue weighted by Gasteiger charge is -2.50. The van der Waals surface area contributed by atoms with E-state index in [0.717, 1.165) is 22.3 Å². The molecule has 0 aromatic heterocycles. The molecule has 0 radical (unpaired) electrons. The van der Waals surface area contributed by atoms with Gasteiger partial charge in [0, 0.05) is 22.6 Å². The van der Waals surface area contributed by atoms with Crippen molar-refractivity contribution in [3.63, 3.8) is 0 Å². The zero-order valence-electron chi connectivity index (χ0n) is 18.6. The van der Waals surface area contributed by atoms with Crippen molar-refractivity contribution in [2.75, 3.05) is 6.61 Å². The van der Waals surface area contributed by atoms with Crippen LogP contribution < -0.4 is 4.74 Å². The lowest BCUT2D eigenvalue weighted by atomic mass is 9.52. The summed E-state index contributed by atoms with van der Waals surface area (Å²) in [5.74, 6) is -0.816. The van der Waals surface area contributed by atoms with E-state index in [1.54, 1.807) is 24.3 Å². The number of rotatable bonds is 4. The number of esters is 1. The van der Waals surface area contributed by atoms with E-state index in [1.807, 2.05) is 36.4 Å². The van der Waals surface area contributed by atoms with Gasteiger partial charge in [0.1, 0.15) is 16.1 Å². The zero-order chi connectivity index (χ0) is 24.4. The van der Waals surface area contributed by atoms with Crippen LogP contribution in [0.25, 0.3) is 10.8 Å². The van der Waals surface area contributed by atoms with Gasteiger partial charge in [0.2, 0.25) is 0 Å². The van der Waals surface area contributed by atoms with E-state index in [2.05, 4.69) is 12.1 Å². The maximum absolute atomic E-state index is 13.9. The Kier molecular flexibility index (Phi) is 4.86. The normalized spacial score (nSPS) is 22.5. The summed E-state index contributed by atoms with van der Waals surface area (Å²) >= 11 is 0. The maximum atomic E-state index is 13.9. The number of carbonyl (C=O) groups excluding carboxylic acids is 1. The molecule has 0 spiro atoms. The van der Waals surface area contributed by atoms with Crippen LogP contribution in [0.15, 0.2) is 89.8 Å². The third kappa shape index (κ3) is 3.16. The first-order chi connectivity index (χ1) is 16.8. The first kappa shape index (κ1) is 22.0. The van der Waals surface area contributed by atoms with Gasteiger partial charge < -0.3 is 9.84 Å². The van der Waals surface area contributed by atoms with Crippen LogP contribution in [0.3, 0.4) is 0 Å². The van der Waals surface area contributed by atoms with E-state index in [0.29, 0.717) is 11.8 Å². The van der Waals surface area contributed by atoms with Gasteiger partial charge in [-0.2, -0.15) is 8.42 Å². The molecule has 3 aliphatic rings. The fourth-order valence-corrected chi connectivity index (χ4v) is 6.69. The minimum absolute atomic E-state index is 0.0502. The fraction of sp³-hybridized carbons (Fsp3) is 0.179. The van der Waals surface area contributed by atoms with Crippen LogP contribution in [0, 0.1) is 5.41 Å². The van der Waals surface area contributed by atoms with Gasteiger partial charge in [-0.05, 0) is 40.8 Å². The van der Waals surface area contributed by atoms with E-state index >= 15 is 0 Å². The minimum Gasteiger partial charge on any atom is -0.425 e. The summed E-state index contributed by atoms with van der Waals surface area (Å²) in [6.07, 6.45) is 0.405. The van der Waals surface area contributed by atoms with Crippen molar-refractivity contribution in [3.05, 3.63) is 107 Å². The average Bonchev–Trinajstić information content (AvgIpc) is 2.88. The van der Waals surface area contributed by atoms with Gasteiger partial charge in [-0.15, -0.1) is 0 Å². The molecule has 1 unspecified atom stereocenters. The molecule has 6 nitrogen and oxygen atoms in total. The predicted molar refractivity (Wildman–Crippen MR) is 130 cm³/mol. The summed E-state index contributed by atoms with van der Waals surface area (Å²) in [7, 11) is -4.47. The quantitative estimate of drug-likeness (QED) is 0.247. The van der Waals surface area contributed by atoms with Gasteiger partial charge in [0.15, 0.2) is 0 Å². The van der Waals surface area contributed by atoms with Crippen LogP contribution in [-0.2, 0) is 14.9 Å². The number of benzene rings is 4. The number of carbonyl (C=O) groups is 1. The SMILES string of the molecule is O=C(Oc1ccc(S(=O)(=O)O)c2ccccc12)C1(CO)CC2c3ccccc3C1c1ccccc12. The number of aliphatic hydroxyl groups excluding tert-OH is 1. The van der Waals surface area contributed by atoms with Gasteiger partial charge >= 0.3 is 5.97 Å². The van der Waals surface area contributed by atoms with Crippen molar-refractivity contribution in [2.45, 2.75) is 23.2 Å². The van der Waals surface area contributed by atoms with Crippen molar-refractivity contribution in [1.29, 1.82) is 0 Å². The highest BCUT2D eigenvalue weighted by atomic mass is 32.2. The summed E-state index contributed by atoms with van der Waals surface area (Å²) < 4.78 is 39.3. The van der Waals surface area contributed by atoms with E-state index in [1.165, 1.54) is 12.1 Å². The van der Waals surface area contributed by atoms with E-state index in [9.17, 15) is 22.9 Å². The molecule has 7 heteroatoms. The number of fused-ring (bicyclic) bond motifs is 2. The molecule has 7 rings (SSSR count). The highest BCUT2D eigenvalue weighted by Gasteiger charge is 2.57. The van der Waals surface area contributed by atoms with E-state index in [-0.39, 0.29) is 27.9 Å². The third-order valence-electron chi connectivity index (χ3n) is 7.50. The van der Waals surface area contributed by atoms with Crippen molar-refractivity contribution in [1.82, 2.24) is 0 Å². The number of hydrogen-bond acceptors (Lipinski definition) is 5. The second-order valence-corrected chi connectivity index (χ2v) is 10.6. The number of hydrogen-bond donors (Lipinski definition) is 2. The topological polar surface area (TPSA) is 101 Å². The number of aliphatic hydroxyl groups is 1. The molecule has 0 heterocycles. The average molecular weight is 487 g/mol. The predicted octanol–water partition coefficient (Wildman–Crippen LogP) is 4.65. The Morgan fingerprint density at radius 3 is 1.94 bits per heavy atom. The highest BCUT2D eigenvalue weighted by molar-refractivity contribution is 7.86. The lowest BCUT2D eigenvalue weighted by molar-refractivity contribution is -0.151. The van der Waals surface area contributed by atoms with Gasteiger partial charge in [-0.25, -0.2) is 0 Å². The Balaban J connectivity index is 1.48. The zero-order valence-corrected chi connectivity index (χ0v) is 19.4. The standard InChI is InChI=1S/C28H22O6S/c29-16-28(15-23-17-7-1-5-11-21(17)26(28)22-12-6-2-8-18(22)23)27(30)34-24-13-14-25(35(31,32)33)20-10-4-3-9-19(20)24/h1-14,23,26,29H,15-16H2,(H,31,32,33). The maximum Gasteiger partial charge on any atom is 0.320 e. The highest BCUT2D eigenvalue weighted by Crippen LogP contribution is 2.61. The molecule has 176 valence electrons. The first-order valence-electron chi connectivity index (χ1n) is 11.4. The molecule has 0 amide bonds. The lowest BCUT2D eigenvalue weighted by Crippen LogP contribution is -2.50. The Hall–Kier alpha value is -3.52. The van der Waals surface area contributed by atoms with Crippen LogP contribution in [0.2, 0.25) is 0 Å². The second-order valence-electron chi connectivity index (χ2n) is 9.23. The van der Waals surface area contributed by atoms with E-state index in [4.69, 9.17) is 4.74 Å². The molecule has 2 N–H and O–H groups in total. The largest absolute Gasteiger partial charge is 0.425 e. The summed E-state index contributed by atoms with van der Waals surface area (Å²) in [4.78, 5) is 13.6. The smallest absolute Gasteiger partial charge is 0.320 e. The van der Waals surface area contributed by atoms with Crippen LogP contribution in [0.4, 0.5) is 0 Å². The van der Waals surface area contributed by atoms with Crippen molar-refractivity contribution in [3.8, 4) is 5.75 Å². The monoisotopic (exact) mass is 486 g/mol. The Bertz CT molecular complexity index is 1560. The molecule has 0 saturated heterocycles. The van der Waals surface area contributed by atoms with Gasteiger partial charge in [-0.3, -0.25) is 9.35 Å². The van der Waals surface area contributed by atoms with Gasteiger partial charge in [-0.1, -0.05) is 72.8 Å². The molecular weight excluding hydrogens is 464 g/mol. The van der Waals surface area contributed by atoms with Crippen LogP contribution in [-0.4, -0.2) is 30.7 Å². The molecule has 4 aromatic carbocycles. The summed E-state index contributed by atoms with van der Waals surface area (Å²) in [5.41, 5.74) is 3.16. The van der Waals surface area contributed by atoms with Crippen LogP contribution in [0.1, 0.15) is 40.5 Å². The molecule has 3 aliphatic carbocycles. The van der Waals surface area contributed by atoms with E-state index < -0.39 is 28.1 Å². The summed E-state index contributed by atoms with van der Waals surface area (Å²) in [6.45, 7) is -0.392. The number of ether oxygens (including phenoxy) is 1. The van der Waals surface area contributed by atoms with Crippen LogP contribution >= 0.6 is 0 Å². The van der Waals surface area contributed by atoms with Crippen LogP contribution in [0.5, 0.6) is 5.75 Å². The van der Waals surface area contributed by atoms with Crippen molar-refractivity contribution >= 4 is 26.9 Å². The molecule has 0 aliphatic heterocycles. The fourth-order valence-electron chi connectivity index (χ4n) is 6.00. The summed E-state index contributed by atoms with van der Waals surface area (Å²) in [6, 6.07) is 25.2. The molecule has 4 aromatic rings. The molecule has 2 bridgehead atoms. The minimum atomic E-state index is -4.47.